The van der Waals surface area contributed by atoms with E-state index in [0.29, 0.717) is 37.9 Å². The van der Waals surface area contributed by atoms with Crippen LogP contribution in [0.3, 0.4) is 0 Å². The second kappa shape index (κ2) is 12.8. The molecule has 2 amide bonds. The van der Waals surface area contributed by atoms with Crippen LogP contribution in [0.15, 0.2) is 65.1 Å². The van der Waals surface area contributed by atoms with Crippen molar-refractivity contribution >= 4 is 79.9 Å². The molecule has 35 heavy (non-hydrogen) atoms. The van der Waals surface area contributed by atoms with Crippen LogP contribution in [-0.2, 0) is 19.1 Å². The Morgan fingerprint density at radius 1 is 0.800 bits per heavy atom. The summed E-state index contributed by atoms with van der Waals surface area (Å²) in [5, 5.41) is 6.42. The van der Waals surface area contributed by atoms with Crippen molar-refractivity contribution in [3.8, 4) is 11.5 Å². The Kier molecular flexibility index (Phi) is 9.80. The van der Waals surface area contributed by atoms with Crippen molar-refractivity contribution in [3.05, 3.63) is 80.2 Å². The summed E-state index contributed by atoms with van der Waals surface area (Å²) in [4.78, 5) is 36.0. The van der Waals surface area contributed by atoms with Crippen LogP contribution in [0.4, 0.5) is 11.4 Å². The van der Waals surface area contributed by atoms with Gasteiger partial charge in [-0.3, -0.25) is 14.4 Å². The van der Waals surface area contributed by atoms with Gasteiger partial charge in [-0.05, 0) is 60.7 Å². The Morgan fingerprint density at radius 3 is 2.23 bits per heavy atom. The second-order valence-electron chi connectivity index (χ2n) is 7.08. The summed E-state index contributed by atoms with van der Waals surface area (Å²) in [6, 6.07) is 16.4. The van der Waals surface area contributed by atoms with Gasteiger partial charge in [-0.2, -0.15) is 0 Å². The predicted octanol–water partition coefficient (Wildman–Crippen LogP) is 7.10. The van der Waals surface area contributed by atoms with Gasteiger partial charge in [0, 0.05) is 21.6 Å². The number of hydrogen-bond acceptors (Lipinski definition) is 5. The third-order valence-corrected chi connectivity index (χ3v) is 5.72. The highest BCUT2D eigenvalue weighted by molar-refractivity contribution is 9.10. The molecule has 0 aliphatic rings. The lowest BCUT2D eigenvalue weighted by molar-refractivity contribution is -0.147. The summed E-state index contributed by atoms with van der Waals surface area (Å²) in [7, 11) is 0. The van der Waals surface area contributed by atoms with E-state index in [2.05, 4.69) is 26.6 Å². The Labute approximate surface area is 224 Å². The normalized spacial score (nSPS) is 10.4. The van der Waals surface area contributed by atoms with Crippen molar-refractivity contribution in [1.29, 1.82) is 0 Å². The molecule has 3 aromatic rings. The lowest BCUT2D eigenvalue weighted by Crippen LogP contribution is -2.22. The molecule has 0 saturated carbocycles. The molecule has 11 heteroatoms. The fraction of sp³-hybridized carbons (Fsp3) is 0.125. The summed E-state index contributed by atoms with van der Waals surface area (Å²) in [6.07, 6.45) is -0.300. The van der Waals surface area contributed by atoms with Crippen LogP contribution < -0.4 is 15.4 Å². The first kappa shape index (κ1) is 26.8. The first-order valence-electron chi connectivity index (χ1n) is 10.1. The van der Waals surface area contributed by atoms with Gasteiger partial charge >= 0.3 is 5.97 Å². The number of halogens is 4. The summed E-state index contributed by atoms with van der Waals surface area (Å²) in [5.41, 5.74) is 0.909. The molecule has 182 valence electrons. The highest BCUT2D eigenvalue weighted by Crippen LogP contribution is 2.32. The first-order valence-corrected chi connectivity index (χ1v) is 12.1. The van der Waals surface area contributed by atoms with E-state index in [4.69, 9.17) is 44.3 Å². The number of nitrogens with one attached hydrogen (secondary N) is 2. The predicted molar refractivity (Wildman–Crippen MR) is 140 cm³/mol. The van der Waals surface area contributed by atoms with Gasteiger partial charge in [-0.1, -0.05) is 50.7 Å². The van der Waals surface area contributed by atoms with Crippen LogP contribution in [-0.4, -0.2) is 24.4 Å². The van der Waals surface area contributed by atoms with Crippen LogP contribution in [0.2, 0.25) is 15.1 Å². The summed E-state index contributed by atoms with van der Waals surface area (Å²) >= 11 is 21.3. The van der Waals surface area contributed by atoms with E-state index in [-0.39, 0.29) is 18.7 Å². The topological polar surface area (TPSA) is 93.7 Å². The minimum atomic E-state index is -0.680. The largest absolute Gasteiger partial charge is 0.456 e. The fourth-order valence-corrected chi connectivity index (χ4v) is 3.89. The number of amides is 2. The third kappa shape index (κ3) is 8.74. The van der Waals surface area contributed by atoms with E-state index in [0.717, 1.165) is 4.47 Å². The average Bonchev–Trinajstić information content (AvgIpc) is 2.81. The molecule has 0 bridgehead atoms. The van der Waals surface area contributed by atoms with Crippen LogP contribution in [0.1, 0.15) is 12.8 Å². The highest BCUT2D eigenvalue weighted by Gasteiger charge is 2.12. The van der Waals surface area contributed by atoms with Crippen molar-refractivity contribution in [2.45, 2.75) is 12.8 Å². The first-order chi connectivity index (χ1) is 16.7. The van der Waals surface area contributed by atoms with Crippen molar-refractivity contribution in [3.63, 3.8) is 0 Å². The van der Waals surface area contributed by atoms with Crippen molar-refractivity contribution in [2.24, 2.45) is 0 Å². The van der Waals surface area contributed by atoms with Crippen LogP contribution >= 0.6 is 50.7 Å². The molecule has 3 aromatic carbocycles. The fourth-order valence-electron chi connectivity index (χ4n) is 2.73. The maximum absolute atomic E-state index is 12.1. The lowest BCUT2D eigenvalue weighted by Gasteiger charge is -2.10. The molecular weight excluding hydrogens is 583 g/mol. The van der Waals surface area contributed by atoms with E-state index in [9.17, 15) is 14.4 Å². The number of esters is 1. The van der Waals surface area contributed by atoms with E-state index in [1.807, 2.05) is 0 Å². The molecule has 0 radical (unpaired) electrons. The molecule has 3 rings (SSSR count). The smallest absolute Gasteiger partial charge is 0.306 e. The Morgan fingerprint density at radius 2 is 1.54 bits per heavy atom. The molecule has 0 spiro atoms. The number of carbonyl (C=O) groups excluding carboxylic acids is 3. The maximum Gasteiger partial charge on any atom is 0.306 e. The summed E-state index contributed by atoms with van der Waals surface area (Å²) in [5.74, 6) is -0.657. The molecule has 0 fully saturated rings. The number of benzene rings is 3. The zero-order valence-electron chi connectivity index (χ0n) is 17.9. The Bertz CT molecular complexity index is 1240. The number of ether oxygens (including phenoxy) is 2. The maximum atomic E-state index is 12.1. The molecule has 0 aliphatic carbocycles. The molecule has 2 N–H and O–H groups in total. The van der Waals surface area contributed by atoms with Gasteiger partial charge in [0.15, 0.2) is 6.61 Å². The van der Waals surface area contributed by atoms with Crippen molar-refractivity contribution < 1.29 is 23.9 Å². The van der Waals surface area contributed by atoms with E-state index in [1.54, 1.807) is 60.7 Å². The zero-order chi connectivity index (χ0) is 25.4. The third-order valence-electron chi connectivity index (χ3n) is 4.39. The van der Waals surface area contributed by atoms with Crippen molar-refractivity contribution in [1.82, 2.24) is 0 Å². The number of anilines is 2. The monoisotopic (exact) mass is 598 g/mol. The van der Waals surface area contributed by atoms with E-state index >= 15 is 0 Å². The Hall–Kier alpha value is -2.78. The SMILES string of the molecule is O=C(CCC(=O)OCC(=O)Nc1ccc(Br)cc1Cl)Nc1ccc(Oc2ccc(Cl)cc2Cl)cc1. The van der Waals surface area contributed by atoms with Gasteiger partial charge in [0.1, 0.15) is 11.5 Å². The van der Waals surface area contributed by atoms with E-state index < -0.39 is 18.5 Å². The van der Waals surface area contributed by atoms with Gasteiger partial charge < -0.3 is 20.1 Å². The van der Waals surface area contributed by atoms with Gasteiger partial charge in [-0.25, -0.2) is 0 Å². The molecule has 0 saturated heterocycles. The second-order valence-corrected chi connectivity index (χ2v) is 9.25. The van der Waals surface area contributed by atoms with Crippen LogP contribution in [0.5, 0.6) is 11.5 Å². The summed E-state index contributed by atoms with van der Waals surface area (Å²) < 4.78 is 11.4. The zero-order valence-corrected chi connectivity index (χ0v) is 21.8. The molecule has 0 aromatic heterocycles. The molecule has 0 unspecified atom stereocenters. The Balaban J connectivity index is 1.39. The van der Waals surface area contributed by atoms with Gasteiger partial charge in [0.25, 0.3) is 5.91 Å². The highest BCUT2D eigenvalue weighted by atomic mass is 79.9. The number of rotatable bonds is 9. The van der Waals surface area contributed by atoms with Crippen molar-refractivity contribution in [2.75, 3.05) is 17.2 Å². The van der Waals surface area contributed by atoms with Crippen LogP contribution in [0, 0.1) is 0 Å². The van der Waals surface area contributed by atoms with Gasteiger partial charge in [0.2, 0.25) is 5.91 Å². The average molecular weight is 601 g/mol. The standard InChI is InChI=1S/C24H18BrCl3N2O5/c25-14-1-7-20(18(27)11-14)30-23(32)13-34-24(33)10-9-22(31)29-16-3-5-17(6-4-16)35-21-8-2-15(26)12-19(21)28/h1-8,11-12H,9-10,13H2,(H,29,31)(H,30,32). The summed E-state index contributed by atoms with van der Waals surface area (Å²) in [6.45, 7) is -0.494. The molecule has 0 aliphatic heterocycles. The quantitative estimate of drug-likeness (QED) is 0.256. The van der Waals surface area contributed by atoms with Crippen LogP contribution in [0.25, 0.3) is 0 Å². The van der Waals surface area contributed by atoms with Gasteiger partial charge in [-0.15, -0.1) is 0 Å². The molecule has 0 atom stereocenters. The minimum absolute atomic E-state index is 0.113. The minimum Gasteiger partial charge on any atom is -0.456 e. The molecular formula is C24H18BrCl3N2O5. The lowest BCUT2D eigenvalue weighted by atomic mass is 10.2. The molecule has 0 heterocycles. The number of hydrogen-bond donors (Lipinski definition) is 2. The van der Waals surface area contributed by atoms with Gasteiger partial charge in [0.05, 0.1) is 22.2 Å². The number of carbonyl (C=O) groups is 3. The molecule has 7 nitrogen and oxygen atoms in total. The van der Waals surface area contributed by atoms with E-state index in [1.165, 1.54) is 0 Å².